The van der Waals surface area contributed by atoms with E-state index >= 15 is 0 Å². The summed E-state index contributed by atoms with van der Waals surface area (Å²) in [5, 5.41) is -4.86. The average molecular weight is 505 g/mol. The number of benzene rings is 1. The highest BCUT2D eigenvalue weighted by molar-refractivity contribution is 7.91. The SMILES string of the molecule is O=S(=O)(/N=C(/Nc1ccc(F)cc1)N1CCOCC1)C(F)(F)C(F)(F)C(F)(F)C(F)(F)F. The minimum atomic E-state index is -7.41. The monoisotopic (exact) mass is 505 g/mol. The Bertz CT molecular complexity index is 942. The van der Waals surface area contributed by atoms with Gasteiger partial charge in [0.05, 0.1) is 13.2 Å². The third-order valence-corrected chi connectivity index (χ3v) is 5.38. The van der Waals surface area contributed by atoms with Crippen molar-refractivity contribution in [2.45, 2.75) is 23.3 Å². The maximum absolute atomic E-state index is 14.0. The van der Waals surface area contributed by atoms with Crippen LogP contribution in [0.15, 0.2) is 28.7 Å². The number of halogens is 10. The molecule has 1 N–H and O–H groups in total. The molecule has 1 fully saturated rings. The van der Waals surface area contributed by atoms with Gasteiger partial charge in [0.15, 0.2) is 0 Å². The van der Waals surface area contributed by atoms with Crippen molar-refractivity contribution in [2.75, 3.05) is 31.6 Å². The second-order valence-corrected chi connectivity index (χ2v) is 7.93. The molecule has 0 bridgehead atoms. The Hall–Kier alpha value is -2.30. The molecule has 0 aliphatic carbocycles. The standard InChI is InChI=1S/C15H13F10N3O3S/c16-9-1-3-10(4-2-9)26-11(28-5-7-31-8-6-28)27-32(29,30)15(24,25)13(19,20)12(17,18)14(21,22)23/h1-4H,5-8H2,(H,26,27). The van der Waals surface area contributed by atoms with E-state index in [2.05, 4.69) is 9.71 Å². The van der Waals surface area contributed by atoms with E-state index in [0.29, 0.717) is 0 Å². The van der Waals surface area contributed by atoms with Gasteiger partial charge in [-0.3, -0.25) is 0 Å². The summed E-state index contributed by atoms with van der Waals surface area (Å²) < 4.78 is 162. The number of nitrogens with one attached hydrogen (secondary N) is 1. The third kappa shape index (κ3) is 4.72. The van der Waals surface area contributed by atoms with Crippen LogP contribution < -0.4 is 5.32 Å². The van der Waals surface area contributed by atoms with E-state index in [-0.39, 0.29) is 32.0 Å². The summed E-state index contributed by atoms with van der Waals surface area (Å²) in [7, 11) is -7.03. The van der Waals surface area contributed by atoms with Gasteiger partial charge in [-0.25, -0.2) is 4.39 Å². The van der Waals surface area contributed by atoms with Gasteiger partial charge in [0.2, 0.25) is 5.96 Å². The lowest BCUT2D eigenvalue weighted by Gasteiger charge is -2.33. The first-order valence-corrected chi connectivity index (χ1v) is 9.78. The largest absolute Gasteiger partial charge is 0.460 e. The van der Waals surface area contributed by atoms with Crippen LogP contribution in [-0.4, -0.2) is 68.9 Å². The van der Waals surface area contributed by atoms with Gasteiger partial charge < -0.3 is 15.0 Å². The molecule has 1 heterocycles. The molecule has 0 amide bonds. The molecule has 0 spiro atoms. The van der Waals surface area contributed by atoms with E-state index in [4.69, 9.17) is 4.74 Å². The lowest BCUT2D eigenvalue weighted by atomic mass is 10.1. The molecule has 0 atom stereocenters. The zero-order valence-electron chi connectivity index (χ0n) is 15.4. The first-order valence-electron chi connectivity index (χ1n) is 8.34. The zero-order chi connectivity index (χ0) is 24.6. The van der Waals surface area contributed by atoms with Crippen LogP contribution in [0.4, 0.5) is 49.6 Å². The number of sulfonamides is 1. The Morgan fingerprint density at radius 3 is 1.88 bits per heavy atom. The summed E-state index contributed by atoms with van der Waals surface area (Å²) in [5.74, 6) is -16.7. The van der Waals surface area contributed by atoms with E-state index in [0.717, 1.165) is 29.2 Å². The van der Waals surface area contributed by atoms with Crippen LogP contribution in [0.1, 0.15) is 0 Å². The molecule has 1 saturated heterocycles. The first-order chi connectivity index (χ1) is 14.4. The molecule has 1 aliphatic rings. The molecule has 17 heteroatoms. The van der Waals surface area contributed by atoms with E-state index in [9.17, 15) is 52.3 Å². The van der Waals surface area contributed by atoms with Crippen LogP contribution in [0.3, 0.4) is 0 Å². The minimum absolute atomic E-state index is 0.122. The maximum Gasteiger partial charge on any atom is 0.460 e. The van der Waals surface area contributed by atoms with Gasteiger partial charge in [-0.2, -0.15) is 47.9 Å². The normalized spacial score (nSPS) is 17.4. The van der Waals surface area contributed by atoms with E-state index in [1.165, 1.54) is 0 Å². The van der Waals surface area contributed by atoms with Gasteiger partial charge in [-0.15, -0.1) is 4.40 Å². The zero-order valence-corrected chi connectivity index (χ0v) is 16.3. The lowest BCUT2D eigenvalue weighted by Crippen LogP contribution is -2.63. The quantitative estimate of drug-likeness (QED) is 0.376. The van der Waals surface area contributed by atoms with Crippen molar-refractivity contribution in [3.05, 3.63) is 30.1 Å². The summed E-state index contributed by atoms with van der Waals surface area (Å²) >= 11 is 0. The highest BCUT2D eigenvalue weighted by atomic mass is 32.2. The topological polar surface area (TPSA) is 71.0 Å². The van der Waals surface area contributed by atoms with Crippen molar-refractivity contribution >= 4 is 21.7 Å². The molecule has 6 nitrogen and oxygen atoms in total. The van der Waals surface area contributed by atoms with Crippen molar-refractivity contribution in [3.8, 4) is 0 Å². The molecule has 1 aromatic carbocycles. The summed E-state index contributed by atoms with van der Waals surface area (Å²) in [6, 6.07) is 3.59. The fourth-order valence-electron chi connectivity index (χ4n) is 2.29. The minimum Gasteiger partial charge on any atom is -0.378 e. The first kappa shape index (κ1) is 26.0. The maximum atomic E-state index is 14.0. The van der Waals surface area contributed by atoms with Crippen LogP contribution in [0, 0.1) is 5.82 Å². The van der Waals surface area contributed by atoms with Crippen molar-refractivity contribution in [1.82, 2.24) is 4.90 Å². The number of morpholine rings is 1. The Labute approximate surface area is 173 Å². The van der Waals surface area contributed by atoms with Gasteiger partial charge in [0.25, 0.3) is 0 Å². The number of guanidine groups is 1. The predicted molar refractivity (Wildman–Crippen MR) is 89.7 cm³/mol. The highest BCUT2D eigenvalue weighted by Gasteiger charge is 2.85. The number of hydrogen-bond acceptors (Lipinski definition) is 3. The second kappa shape index (κ2) is 8.57. The van der Waals surface area contributed by atoms with Crippen LogP contribution in [0.2, 0.25) is 0 Å². The van der Waals surface area contributed by atoms with Crippen molar-refractivity contribution in [1.29, 1.82) is 0 Å². The van der Waals surface area contributed by atoms with Gasteiger partial charge in [0.1, 0.15) is 5.82 Å². The van der Waals surface area contributed by atoms with Crippen molar-refractivity contribution in [3.63, 3.8) is 0 Å². The molecule has 2 rings (SSSR count). The molecule has 0 saturated carbocycles. The number of rotatable bonds is 5. The molecule has 0 radical (unpaired) electrons. The van der Waals surface area contributed by atoms with Crippen LogP contribution in [-0.2, 0) is 14.8 Å². The van der Waals surface area contributed by atoms with Gasteiger partial charge in [0, 0.05) is 18.8 Å². The molecule has 1 aliphatic heterocycles. The number of ether oxygens (including phenoxy) is 1. The smallest absolute Gasteiger partial charge is 0.378 e. The van der Waals surface area contributed by atoms with Crippen LogP contribution >= 0.6 is 0 Å². The third-order valence-electron chi connectivity index (χ3n) is 4.06. The van der Waals surface area contributed by atoms with E-state index in [1.807, 2.05) is 0 Å². The molecule has 0 unspecified atom stereocenters. The molecule has 32 heavy (non-hydrogen) atoms. The fraction of sp³-hybridized carbons (Fsp3) is 0.533. The molecule has 1 aromatic rings. The van der Waals surface area contributed by atoms with Crippen molar-refractivity contribution < 1.29 is 57.1 Å². The molecule has 182 valence electrons. The van der Waals surface area contributed by atoms with E-state index < -0.39 is 45.1 Å². The fourth-order valence-corrected chi connectivity index (χ4v) is 3.25. The average Bonchev–Trinajstić information content (AvgIpc) is 2.68. The molecule has 0 aromatic heterocycles. The van der Waals surface area contributed by atoms with Gasteiger partial charge in [-0.1, -0.05) is 0 Å². The van der Waals surface area contributed by atoms with Crippen molar-refractivity contribution in [2.24, 2.45) is 4.40 Å². The number of anilines is 1. The Kier molecular flexibility index (Phi) is 6.95. The summed E-state index contributed by atoms with van der Waals surface area (Å²) in [4.78, 5) is 0.876. The van der Waals surface area contributed by atoms with Crippen LogP contribution in [0.5, 0.6) is 0 Å². The Balaban J connectivity index is 2.53. The number of hydrogen-bond donors (Lipinski definition) is 1. The number of alkyl halides is 9. The van der Waals surface area contributed by atoms with Crippen LogP contribution in [0.25, 0.3) is 0 Å². The predicted octanol–water partition coefficient (Wildman–Crippen LogP) is 3.68. The number of nitrogens with zero attached hydrogens (tertiary/aromatic N) is 2. The van der Waals surface area contributed by atoms with E-state index in [1.54, 1.807) is 0 Å². The molecular weight excluding hydrogens is 492 g/mol. The molecular formula is C15H13F10N3O3S. The summed E-state index contributed by atoms with van der Waals surface area (Å²) in [6.07, 6.45) is -7.20. The Morgan fingerprint density at radius 1 is 0.906 bits per heavy atom. The summed E-state index contributed by atoms with van der Waals surface area (Å²) in [5.41, 5.74) is -0.192. The lowest BCUT2D eigenvalue weighted by molar-refractivity contribution is -0.382. The summed E-state index contributed by atoms with van der Waals surface area (Å²) in [6.45, 7) is -0.738. The second-order valence-electron chi connectivity index (χ2n) is 6.28. The highest BCUT2D eigenvalue weighted by Crippen LogP contribution is 2.55. The Morgan fingerprint density at radius 2 is 1.41 bits per heavy atom. The van der Waals surface area contributed by atoms with Gasteiger partial charge >= 0.3 is 33.3 Å². The van der Waals surface area contributed by atoms with Gasteiger partial charge in [-0.05, 0) is 24.3 Å².